The molecular weight excluding hydrogens is 224 g/mol. The number of benzene rings is 1. The van der Waals surface area contributed by atoms with Gasteiger partial charge in [-0.25, -0.2) is 0 Å². The molecule has 0 saturated carbocycles. The summed E-state index contributed by atoms with van der Waals surface area (Å²) in [5.74, 6) is -0.406. The fourth-order valence-corrected chi connectivity index (χ4v) is 1.38. The van der Waals surface area contributed by atoms with E-state index in [9.17, 15) is 10.1 Å². The van der Waals surface area contributed by atoms with E-state index in [1.165, 1.54) is 11.0 Å². The fourth-order valence-electron chi connectivity index (χ4n) is 1.38. The summed E-state index contributed by atoms with van der Waals surface area (Å²) in [6, 6.07) is 7.25. The molecular formula is C10H10N4O3. The quantitative estimate of drug-likeness (QED) is 0.621. The monoisotopic (exact) mass is 234 g/mol. The summed E-state index contributed by atoms with van der Waals surface area (Å²) in [6.45, 7) is 0.404. The Bertz CT molecular complexity index is 521. The van der Waals surface area contributed by atoms with Gasteiger partial charge < -0.3 is 15.2 Å². The van der Waals surface area contributed by atoms with Gasteiger partial charge in [0.1, 0.15) is 0 Å². The number of aromatic nitrogens is 3. The van der Waals surface area contributed by atoms with Crippen LogP contribution in [0.4, 0.5) is 5.95 Å². The van der Waals surface area contributed by atoms with E-state index in [1.54, 1.807) is 12.1 Å². The highest BCUT2D eigenvalue weighted by Crippen LogP contribution is 2.07. The molecule has 0 saturated heterocycles. The maximum Gasteiger partial charge on any atom is 0.490 e. The largest absolute Gasteiger partial charge is 0.490 e. The Morgan fingerprint density at radius 3 is 2.47 bits per heavy atom. The molecule has 0 radical (unpaired) electrons. The molecule has 0 amide bonds. The maximum atomic E-state index is 10.4. The molecule has 0 aliphatic heterocycles. The van der Waals surface area contributed by atoms with E-state index < -0.39 is 10.9 Å². The first-order chi connectivity index (χ1) is 8.19. The van der Waals surface area contributed by atoms with Crippen molar-refractivity contribution in [3.8, 4) is 0 Å². The van der Waals surface area contributed by atoms with Crippen molar-refractivity contribution in [3.63, 3.8) is 0 Å². The van der Waals surface area contributed by atoms with Gasteiger partial charge in [-0.3, -0.25) is 0 Å². The van der Waals surface area contributed by atoms with Crippen LogP contribution in [0.25, 0.3) is 0 Å². The number of rotatable bonds is 4. The summed E-state index contributed by atoms with van der Waals surface area (Å²) in [5.41, 5.74) is 1.75. The van der Waals surface area contributed by atoms with Crippen LogP contribution in [0.1, 0.15) is 11.1 Å². The van der Waals surface area contributed by atoms with Gasteiger partial charge in [0.2, 0.25) is 6.33 Å². The van der Waals surface area contributed by atoms with Crippen molar-refractivity contribution in [1.29, 1.82) is 0 Å². The van der Waals surface area contributed by atoms with Crippen LogP contribution < -0.4 is 0 Å². The zero-order chi connectivity index (χ0) is 12.3. The van der Waals surface area contributed by atoms with Crippen LogP contribution in [0, 0.1) is 10.1 Å². The van der Waals surface area contributed by atoms with Gasteiger partial charge in [-0.15, -0.1) is 0 Å². The smallest absolute Gasteiger partial charge is 0.392 e. The zero-order valence-electron chi connectivity index (χ0n) is 8.85. The number of hydrogen-bond acceptors (Lipinski definition) is 5. The summed E-state index contributed by atoms with van der Waals surface area (Å²) in [5, 5.41) is 23.0. The lowest BCUT2D eigenvalue weighted by Crippen LogP contribution is -2.01. The molecule has 1 N–H and O–H groups in total. The van der Waals surface area contributed by atoms with Crippen LogP contribution in [0.3, 0.4) is 0 Å². The van der Waals surface area contributed by atoms with E-state index in [4.69, 9.17) is 5.11 Å². The molecule has 1 heterocycles. The molecule has 0 atom stereocenters. The molecule has 0 fully saturated rings. The molecule has 0 unspecified atom stereocenters. The number of nitro groups is 1. The third kappa shape index (κ3) is 2.64. The van der Waals surface area contributed by atoms with Gasteiger partial charge in [0.25, 0.3) is 0 Å². The molecule has 88 valence electrons. The van der Waals surface area contributed by atoms with E-state index in [2.05, 4.69) is 10.1 Å². The zero-order valence-corrected chi connectivity index (χ0v) is 8.85. The standard InChI is InChI=1S/C10H10N4O3/c15-6-9-3-1-8(2-4-9)5-13-7-11-10(12-13)14(16)17/h1-4,7,15H,5-6H2. The molecule has 2 aromatic rings. The van der Waals surface area contributed by atoms with Crippen molar-refractivity contribution in [2.24, 2.45) is 0 Å². The average molecular weight is 234 g/mol. The average Bonchev–Trinajstić information content (AvgIpc) is 2.79. The first-order valence-electron chi connectivity index (χ1n) is 4.91. The summed E-state index contributed by atoms with van der Waals surface area (Å²) >= 11 is 0. The highest BCUT2D eigenvalue weighted by Gasteiger charge is 2.12. The van der Waals surface area contributed by atoms with Crippen LogP contribution in [0.15, 0.2) is 30.6 Å². The lowest BCUT2D eigenvalue weighted by atomic mass is 10.1. The summed E-state index contributed by atoms with van der Waals surface area (Å²) in [6.07, 6.45) is 1.32. The summed E-state index contributed by atoms with van der Waals surface area (Å²) in [4.78, 5) is 13.3. The van der Waals surface area contributed by atoms with Gasteiger partial charge in [-0.2, -0.15) is 4.68 Å². The minimum absolute atomic E-state index is 0.00488. The van der Waals surface area contributed by atoms with E-state index in [0.717, 1.165) is 11.1 Å². The number of aliphatic hydroxyl groups excluding tert-OH is 1. The Kier molecular flexibility index (Phi) is 3.10. The first kappa shape index (κ1) is 11.2. The Hall–Kier alpha value is -2.28. The lowest BCUT2D eigenvalue weighted by Gasteiger charge is -1.99. The second kappa shape index (κ2) is 4.71. The lowest BCUT2D eigenvalue weighted by molar-refractivity contribution is -0.394. The Morgan fingerprint density at radius 1 is 1.29 bits per heavy atom. The Labute approximate surface area is 96.5 Å². The van der Waals surface area contributed by atoms with Gasteiger partial charge in [0.05, 0.1) is 13.2 Å². The Morgan fingerprint density at radius 2 is 1.94 bits per heavy atom. The van der Waals surface area contributed by atoms with Gasteiger partial charge in [-0.05, 0) is 16.1 Å². The normalized spacial score (nSPS) is 10.4. The molecule has 0 aliphatic rings. The van der Waals surface area contributed by atoms with Crippen molar-refractivity contribution >= 4 is 5.95 Å². The third-order valence-electron chi connectivity index (χ3n) is 2.24. The van der Waals surface area contributed by atoms with E-state index >= 15 is 0 Å². The predicted molar refractivity (Wildman–Crippen MR) is 58.1 cm³/mol. The van der Waals surface area contributed by atoms with Gasteiger partial charge >= 0.3 is 5.95 Å². The molecule has 1 aromatic heterocycles. The van der Waals surface area contributed by atoms with E-state index in [0.29, 0.717) is 6.54 Å². The molecule has 17 heavy (non-hydrogen) atoms. The van der Waals surface area contributed by atoms with Crippen LogP contribution in [0.5, 0.6) is 0 Å². The molecule has 0 spiro atoms. The first-order valence-corrected chi connectivity index (χ1v) is 4.91. The van der Waals surface area contributed by atoms with E-state index in [-0.39, 0.29) is 6.61 Å². The van der Waals surface area contributed by atoms with Crippen LogP contribution in [-0.4, -0.2) is 24.8 Å². The van der Waals surface area contributed by atoms with Crippen molar-refractivity contribution in [1.82, 2.24) is 14.8 Å². The highest BCUT2D eigenvalue weighted by atomic mass is 16.6. The SMILES string of the molecule is O=[N+]([O-])c1ncn(Cc2ccc(CO)cc2)n1. The Balaban J connectivity index is 2.11. The number of nitrogens with zero attached hydrogens (tertiary/aromatic N) is 4. The molecule has 0 bridgehead atoms. The molecule has 2 rings (SSSR count). The molecule has 7 heteroatoms. The second-order valence-electron chi connectivity index (χ2n) is 3.47. The minimum Gasteiger partial charge on any atom is -0.392 e. The number of aliphatic hydroxyl groups is 1. The van der Waals surface area contributed by atoms with Gasteiger partial charge in [-0.1, -0.05) is 29.2 Å². The second-order valence-corrected chi connectivity index (χ2v) is 3.47. The summed E-state index contributed by atoms with van der Waals surface area (Å²) in [7, 11) is 0. The van der Waals surface area contributed by atoms with Crippen molar-refractivity contribution < 1.29 is 10.0 Å². The molecule has 1 aromatic carbocycles. The minimum atomic E-state index is -0.634. The van der Waals surface area contributed by atoms with Gasteiger partial charge in [0, 0.05) is 5.10 Å². The maximum absolute atomic E-state index is 10.4. The van der Waals surface area contributed by atoms with E-state index in [1.807, 2.05) is 12.1 Å². The molecule has 7 nitrogen and oxygen atoms in total. The highest BCUT2D eigenvalue weighted by molar-refractivity contribution is 5.22. The summed E-state index contributed by atoms with van der Waals surface area (Å²) < 4.78 is 1.39. The van der Waals surface area contributed by atoms with Crippen LogP contribution in [-0.2, 0) is 13.2 Å². The predicted octanol–water partition coefficient (Wildman–Crippen LogP) is 0.727. The topological polar surface area (TPSA) is 94.1 Å². The van der Waals surface area contributed by atoms with Crippen LogP contribution >= 0.6 is 0 Å². The molecule has 0 aliphatic carbocycles. The van der Waals surface area contributed by atoms with Crippen LogP contribution in [0.2, 0.25) is 0 Å². The van der Waals surface area contributed by atoms with Crippen molar-refractivity contribution in [2.75, 3.05) is 0 Å². The van der Waals surface area contributed by atoms with Crippen molar-refractivity contribution in [2.45, 2.75) is 13.2 Å². The van der Waals surface area contributed by atoms with Crippen molar-refractivity contribution in [3.05, 3.63) is 51.8 Å². The number of hydrogen-bond donors (Lipinski definition) is 1. The fraction of sp³-hybridized carbons (Fsp3) is 0.200. The third-order valence-corrected chi connectivity index (χ3v) is 2.24. The van der Waals surface area contributed by atoms with Gasteiger partial charge in [0.15, 0.2) is 0 Å².